The fraction of sp³-hybridized carbons (Fsp3) is 0.273. The number of hydrogen-bond acceptors (Lipinski definition) is 4. The molecule has 0 saturated carbocycles. The predicted molar refractivity (Wildman–Crippen MR) is 65.0 cm³/mol. The first-order valence-corrected chi connectivity index (χ1v) is 6.03. The summed E-state index contributed by atoms with van der Waals surface area (Å²) in [5, 5.41) is 18.0. The zero-order valence-corrected chi connectivity index (χ0v) is 10.2. The molecule has 0 saturated heterocycles. The molecule has 0 spiro atoms. The lowest BCUT2D eigenvalue weighted by atomic mass is 10.2. The van der Waals surface area contributed by atoms with Gasteiger partial charge in [0, 0.05) is 26.3 Å². The normalized spacial score (nSPS) is 10.6. The zero-order valence-electron chi connectivity index (χ0n) is 9.38. The van der Waals surface area contributed by atoms with E-state index in [4.69, 9.17) is 5.11 Å². The number of nitrogens with one attached hydrogen (secondary N) is 1. The number of rotatable bonds is 5. The first-order valence-electron chi connectivity index (χ1n) is 5.15. The number of nitrogens with zero attached hydrogens (tertiary/aromatic N) is 2. The average molecular weight is 251 g/mol. The van der Waals surface area contributed by atoms with Gasteiger partial charge in [0.15, 0.2) is 0 Å². The number of carboxylic acids is 1. The Morgan fingerprint density at radius 3 is 3.00 bits per heavy atom. The van der Waals surface area contributed by atoms with Gasteiger partial charge in [-0.1, -0.05) is 0 Å². The summed E-state index contributed by atoms with van der Waals surface area (Å²) in [7, 11) is 1.88. The van der Waals surface area contributed by atoms with Gasteiger partial charge in [0.2, 0.25) is 0 Å². The second kappa shape index (κ2) is 5.11. The molecule has 0 atom stereocenters. The van der Waals surface area contributed by atoms with Gasteiger partial charge in [0.1, 0.15) is 4.88 Å². The van der Waals surface area contributed by atoms with Gasteiger partial charge in [-0.15, -0.1) is 11.3 Å². The molecule has 0 radical (unpaired) electrons. The molecule has 90 valence electrons. The van der Waals surface area contributed by atoms with Gasteiger partial charge in [-0.2, -0.15) is 5.10 Å². The molecular weight excluding hydrogens is 238 g/mol. The van der Waals surface area contributed by atoms with Crippen molar-refractivity contribution in [3.63, 3.8) is 0 Å². The van der Waals surface area contributed by atoms with Crippen LogP contribution >= 0.6 is 11.3 Å². The third-order valence-corrected chi connectivity index (χ3v) is 3.43. The summed E-state index contributed by atoms with van der Waals surface area (Å²) >= 11 is 1.25. The summed E-state index contributed by atoms with van der Waals surface area (Å²) in [6, 6.07) is 3.77. The average Bonchev–Trinajstić information content (AvgIpc) is 2.88. The molecule has 0 aliphatic rings. The van der Waals surface area contributed by atoms with Crippen molar-refractivity contribution in [2.45, 2.75) is 13.1 Å². The topological polar surface area (TPSA) is 67.2 Å². The van der Waals surface area contributed by atoms with E-state index >= 15 is 0 Å². The molecule has 6 heteroatoms. The van der Waals surface area contributed by atoms with Crippen LogP contribution in [0.25, 0.3) is 0 Å². The molecule has 2 aromatic heterocycles. The Bertz CT molecular complexity index is 518. The molecule has 5 nitrogen and oxygen atoms in total. The van der Waals surface area contributed by atoms with Crippen molar-refractivity contribution >= 4 is 17.3 Å². The van der Waals surface area contributed by atoms with Crippen molar-refractivity contribution in [3.05, 3.63) is 39.8 Å². The number of thiophene rings is 1. The van der Waals surface area contributed by atoms with Crippen molar-refractivity contribution in [2.75, 3.05) is 0 Å². The standard InChI is InChI=1S/C11H13N3O2S/c1-14-9(2-4-13-14)7-12-6-8-3-5-17-10(8)11(15)16/h2-5,12H,6-7H2,1H3,(H,15,16). The van der Waals surface area contributed by atoms with Gasteiger partial charge < -0.3 is 10.4 Å². The van der Waals surface area contributed by atoms with Gasteiger partial charge in [-0.05, 0) is 23.1 Å². The van der Waals surface area contributed by atoms with E-state index in [1.165, 1.54) is 11.3 Å². The van der Waals surface area contributed by atoms with Gasteiger partial charge in [0.05, 0.1) is 5.69 Å². The summed E-state index contributed by atoms with van der Waals surface area (Å²) in [5.74, 6) is -0.864. The third kappa shape index (κ3) is 2.72. The van der Waals surface area contributed by atoms with Crippen molar-refractivity contribution in [1.29, 1.82) is 0 Å². The lowest BCUT2D eigenvalue weighted by molar-refractivity contribution is 0.0701. The molecule has 0 bridgehead atoms. The summed E-state index contributed by atoms with van der Waals surface area (Å²) in [4.78, 5) is 11.3. The molecule has 0 unspecified atom stereocenters. The lowest BCUT2D eigenvalue weighted by Gasteiger charge is -2.04. The third-order valence-electron chi connectivity index (χ3n) is 2.49. The Balaban J connectivity index is 1.92. The fourth-order valence-electron chi connectivity index (χ4n) is 1.56. The largest absolute Gasteiger partial charge is 0.477 e. The van der Waals surface area contributed by atoms with Crippen LogP contribution in [-0.4, -0.2) is 20.9 Å². The highest BCUT2D eigenvalue weighted by Gasteiger charge is 2.10. The molecule has 0 aliphatic heterocycles. The van der Waals surface area contributed by atoms with Crippen molar-refractivity contribution in [3.8, 4) is 0 Å². The van der Waals surface area contributed by atoms with Crippen LogP contribution in [0.2, 0.25) is 0 Å². The second-order valence-corrected chi connectivity index (χ2v) is 4.55. The molecule has 2 heterocycles. The molecule has 2 aromatic rings. The lowest BCUT2D eigenvalue weighted by Crippen LogP contribution is -2.16. The van der Waals surface area contributed by atoms with E-state index in [0.717, 1.165) is 11.3 Å². The molecule has 2 N–H and O–H groups in total. The molecule has 2 rings (SSSR count). The Kier molecular flexibility index (Phi) is 3.55. The summed E-state index contributed by atoms with van der Waals surface area (Å²) in [6.07, 6.45) is 1.74. The van der Waals surface area contributed by atoms with E-state index in [0.29, 0.717) is 18.0 Å². The van der Waals surface area contributed by atoms with Gasteiger partial charge in [-0.25, -0.2) is 4.79 Å². The number of aromatic carboxylic acids is 1. The van der Waals surface area contributed by atoms with Crippen LogP contribution in [0, 0.1) is 0 Å². The van der Waals surface area contributed by atoms with Crippen LogP contribution in [0.3, 0.4) is 0 Å². The van der Waals surface area contributed by atoms with E-state index in [-0.39, 0.29) is 0 Å². The maximum Gasteiger partial charge on any atom is 0.346 e. The minimum absolute atomic E-state index is 0.405. The smallest absolute Gasteiger partial charge is 0.346 e. The quantitative estimate of drug-likeness (QED) is 0.844. The van der Waals surface area contributed by atoms with Crippen molar-refractivity contribution in [2.24, 2.45) is 7.05 Å². The van der Waals surface area contributed by atoms with Crippen LogP contribution in [0.4, 0.5) is 0 Å². The van der Waals surface area contributed by atoms with E-state index in [9.17, 15) is 4.79 Å². The summed E-state index contributed by atoms with van der Waals surface area (Å²) in [5.41, 5.74) is 1.89. The van der Waals surface area contributed by atoms with Crippen molar-refractivity contribution in [1.82, 2.24) is 15.1 Å². The molecule has 0 fully saturated rings. The second-order valence-electron chi connectivity index (χ2n) is 3.63. The highest BCUT2D eigenvalue weighted by Crippen LogP contribution is 2.16. The van der Waals surface area contributed by atoms with E-state index < -0.39 is 5.97 Å². The first-order chi connectivity index (χ1) is 8.18. The number of aromatic nitrogens is 2. The van der Waals surface area contributed by atoms with E-state index in [1.807, 2.05) is 19.2 Å². The highest BCUT2D eigenvalue weighted by atomic mass is 32.1. The monoisotopic (exact) mass is 251 g/mol. The molecule has 0 aromatic carbocycles. The van der Waals surface area contributed by atoms with Crippen LogP contribution in [0.5, 0.6) is 0 Å². The van der Waals surface area contributed by atoms with Crippen molar-refractivity contribution < 1.29 is 9.90 Å². The Labute approximate surface area is 103 Å². The Morgan fingerprint density at radius 2 is 2.35 bits per heavy atom. The molecular formula is C11H13N3O2S. The highest BCUT2D eigenvalue weighted by molar-refractivity contribution is 7.12. The Morgan fingerprint density at radius 1 is 1.53 bits per heavy atom. The number of carbonyl (C=O) groups is 1. The van der Waals surface area contributed by atoms with Crippen LogP contribution in [0.1, 0.15) is 20.9 Å². The number of aryl methyl sites for hydroxylation is 1. The van der Waals surface area contributed by atoms with E-state index in [1.54, 1.807) is 16.3 Å². The molecule has 0 amide bonds. The molecule has 0 aliphatic carbocycles. The maximum absolute atomic E-state index is 10.9. The first kappa shape index (κ1) is 11.8. The number of carboxylic acid groups (broad SMARTS) is 1. The summed E-state index contributed by atoms with van der Waals surface area (Å²) < 4.78 is 1.79. The van der Waals surface area contributed by atoms with Crippen LogP contribution in [0.15, 0.2) is 23.7 Å². The van der Waals surface area contributed by atoms with E-state index in [2.05, 4.69) is 10.4 Å². The van der Waals surface area contributed by atoms with Crippen LogP contribution < -0.4 is 5.32 Å². The SMILES string of the molecule is Cn1nccc1CNCc1ccsc1C(=O)O. The predicted octanol–water partition coefficient (Wildman–Crippen LogP) is 1.47. The minimum Gasteiger partial charge on any atom is -0.477 e. The molecule has 17 heavy (non-hydrogen) atoms. The summed E-state index contributed by atoms with van der Waals surface area (Å²) in [6.45, 7) is 1.22. The van der Waals surface area contributed by atoms with Gasteiger partial charge >= 0.3 is 5.97 Å². The zero-order chi connectivity index (χ0) is 12.3. The Hall–Kier alpha value is -1.66. The minimum atomic E-state index is -0.864. The van der Waals surface area contributed by atoms with Crippen LogP contribution in [-0.2, 0) is 20.1 Å². The van der Waals surface area contributed by atoms with Gasteiger partial charge in [0.25, 0.3) is 0 Å². The fourth-order valence-corrected chi connectivity index (χ4v) is 2.32. The van der Waals surface area contributed by atoms with Gasteiger partial charge in [-0.3, -0.25) is 4.68 Å². The maximum atomic E-state index is 10.9. The number of hydrogen-bond donors (Lipinski definition) is 2.